The van der Waals surface area contributed by atoms with Crippen molar-refractivity contribution in [2.75, 3.05) is 14.1 Å². The molecule has 0 spiro atoms. The Kier molecular flexibility index (Phi) is 4.89. The summed E-state index contributed by atoms with van der Waals surface area (Å²) in [6, 6.07) is 7.84. The first-order valence-electron chi connectivity index (χ1n) is 5.63. The number of nitriles is 1. The molecule has 0 fully saturated rings. The van der Waals surface area contributed by atoms with Crippen molar-refractivity contribution in [3.05, 3.63) is 35.4 Å². The predicted molar refractivity (Wildman–Crippen MR) is 68.5 cm³/mol. The summed E-state index contributed by atoms with van der Waals surface area (Å²) in [6.45, 7) is 0. The van der Waals surface area contributed by atoms with Gasteiger partial charge in [0, 0.05) is 20.5 Å². The quantitative estimate of drug-likeness (QED) is 0.839. The van der Waals surface area contributed by atoms with Crippen LogP contribution in [0.2, 0.25) is 0 Å². The van der Waals surface area contributed by atoms with E-state index in [0.717, 1.165) is 5.56 Å². The van der Waals surface area contributed by atoms with Gasteiger partial charge in [-0.1, -0.05) is 12.1 Å². The van der Waals surface area contributed by atoms with Crippen LogP contribution < -0.4 is 5.32 Å². The molecule has 1 rings (SSSR count). The van der Waals surface area contributed by atoms with Crippen molar-refractivity contribution < 1.29 is 14.7 Å². The number of nitrogens with zero attached hydrogens (tertiary/aromatic N) is 2. The summed E-state index contributed by atoms with van der Waals surface area (Å²) in [6.07, 6.45) is -0.997. The standard InChI is InChI=1S/C13H15N3O3/c1-16(2)12(17)11(15-13(18)19)7-9-3-5-10(8-14)6-4-9/h3-6,11,15H,7H2,1-2H3,(H,18,19). The zero-order valence-corrected chi connectivity index (χ0v) is 10.8. The normalized spacial score (nSPS) is 11.2. The molecule has 0 aliphatic rings. The maximum Gasteiger partial charge on any atom is 0.405 e. The number of carboxylic acid groups (broad SMARTS) is 1. The van der Waals surface area contributed by atoms with Gasteiger partial charge in [0.25, 0.3) is 0 Å². The van der Waals surface area contributed by atoms with Crippen molar-refractivity contribution in [1.82, 2.24) is 10.2 Å². The van der Waals surface area contributed by atoms with Crippen molar-refractivity contribution in [3.63, 3.8) is 0 Å². The van der Waals surface area contributed by atoms with Crippen molar-refractivity contribution in [2.45, 2.75) is 12.5 Å². The van der Waals surface area contributed by atoms with Crippen molar-refractivity contribution >= 4 is 12.0 Å². The minimum atomic E-state index is -1.24. The van der Waals surface area contributed by atoms with Gasteiger partial charge < -0.3 is 15.3 Å². The lowest BCUT2D eigenvalue weighted by Gasteiger charge is -2.20. The van der Waals surface area contributed by atoms with Gasteiger partial charge in [-0.2, -0.15) is 5.26 Å². The Morgan fingerprint density at radius 3 is 2.37 bits per heavy atom. The molecule has 2 N–H and O–H groups in total. The Hall–Kier alpha value is -2.55. The van der Waals surface area contributed by atoms with E-state index < -0.39 is 12.1 Å². The molecule has 1 aromatic carbocycles. The van der Waals surface area contributed by atoms with Crippen LogP contribution >= 0.6 is 0 Å². The van der Waals surface area contributed by atoms with Crippen LogP contribution in [0.25, 0.3) is 0 Å². The average Bonchev–Trinajstić information content (AvgIpc) is 2.37. The van der Waals surface area contributed by atoms with E-state index in [2.05, 4.69) is 5.32 Å². The number of carbonyl (C=O) groups is 2. The second-order valence-electron chi connectivity index (χ2n) is 4.25. The molecular weight excluding hydrogens is 246 g/mol. The van der Waals surface area contributed by atoms with Crippen LogP contribution in [0.3, 0.4) is 0 Å². The summed E-state index contributed by atoms with van der Waals surface area (Å²) >= 11 is 0. The van der Waals surface area contributed by atoms with Gasteiger partial charge in [0.15, 0.2) is 0 Å². The van der Waals surface area contributed by atoms with Crippen molar-refractivity contribution in [3.8, 4) is 6.07 Å². The molecule has 0 saturated heterocycles. The molecule has 100 valence electrons. The monoisotopic (exact) mass is 261 g/mol. The molecule has 6 heteroatoms. The first-order valence-corrected chi connectivity index (χ1v) is 5.63. The summed E-state index contributed by atoms with van der Waals surface area (Å²) in [4.78, 5) is 23.9. The van der Waals surface area contributed by atoms with Crippen LogP contribution in [0.5, 0.6) is 0 Å². The number of likely N-dealkylation sites (N-methyl/N-ethyl adjacent to an activating group) is 1. The molecule has 2 amide bonds. The minimum absolute atomic E-state index is 0.245. The van der Waals surface area contributed by atoms with Crippen LogP contribution in [-0.2, 0) is 11.2 Å². The Morgan fingerprint density at radius 1 is 1.37 bits per heavy atom. The SMILES string of the molecule is CN(C)C(=O)C(Cc1ccc(C#N)cc1)NC(=O)O. The van der Waals surface area contributed by atoms with E-state index in [0.29, 0.717) is 5.56 Å². The van der Waals surface area contributed by atoms with Crippen LogP contribution in [0.15, 0.2) is 24.3 Å². The van der Waals surface area contributed by atoms with Gasteiger partial charge in [0.2, 0.25) is 5.91 Å². The summed E-state index contributed by atoms with van der Waals surface area (Å²) in [7, 11) is 3.13. The summed E-state index contributed by atoms with van der Waals surface area (Å²) in [5.74, 6) is -0.313. The molecule has 0 aromatic heterocycles. The third-order valence-corrected chi connectivity index (χ3v) is 2.56. The lowest BCUT2D eigenvalue weighted by Crippen LogP contribution is -2.47. The molecule has 0 radical (unpaired) electrons. The summed E-state index contributed by atoms with van der Waals surface area (Å²) < 4.78 is 0. The molecule has 0 bridgehead atoms. The molecule has 1 unspecified atom stereocenters. The third kappa shape index (κ3) is 4.32. The highest BCUT2D eigenvalue weighted by molar-refractivity contribution is 5.85. The molecule has 19 heavy (non-hydrogen) atoms. The molecule has 1 aromatic rings. The molecule has 0 aliphatic heterocycles. The Bertz CT molecular complexity index is 503. The minimum Gasteiger partial charge on any atom is -0.465 e. The molecular formula is C13H15N3O3. The lowest BCUT2D eigenvalue weighted by atomic mass is 10.0. The van der Waals surface area contributed by atoms with Gasteiger partial charge >= 0.3 is 6.09 Å². The Balaban J connectivity index is 2.84. The molecule has 1 atom stereocenters. The Morgan fingerprint density at radius 2 is 1.95 bits per heavy atom. The Labute approximate surface area is 111 Å². The molecule has 0 saturated carbocycles. The van der Waals surface area contributed by atoms with Gasteiger partial charge in [-0.3, -0.25) is 4.79 Å². The largest absolute Gasteiger partial charge is 0.465 e. The first kappa shape index (κ1) is 14.5. The molecule has 0 aliphatic carbocycles. The van der Waals surface area contributed by atoms with Crippen LogP contribution in [0.4, 0.5) is 4.79 Å². The highest BCUT2D eigenvalue weighted by Crippen LogP contribution is 2.07. The van der Waals surface area contributed by atoms with Gasteiger partial charge in [-0.15, -0.1) is 0 Å². The van der Waals surface area contributed by atoms with Crippen molar-refractivity contribution in [1.29, 1.82) is 5.26 Å². The predicted octanol–water partition coefficient (Wildman–Crippen LogP) is 0.825. The van der Waals surface area contributed by atoms with E-state index >= 15 is 0 Å². The zero-order chi connectivity index (χ0) is 14.4. The number of amides is 2. The summed E-state index contributed by atoms with van der Waals surface area (Å²) in [5.41, 5.74) is 1.30. The second-order valence-corrected chi connectivity index (χ2v) is 4.25. The van der Waals surface area contributed by atoms with E-state index in [1.807, 2.05) is 6.07 Å². The van der Waals surface area contributed by atoms with E-state index in [4.69, 9.17) is 10.4 Å². The van der Waals surface area contributed by atoms with Gasteiger partial charge in [-0.25, -0.2) is 4.79 Å². The van der Waals surface area contributed by atoms with Crippen LogP contribution in [0.1, 0.15) is 11.1 Å². The highest BCUT2D eigenvalue weighted by atomic mass is 16.4. The average molecular weight is 261 g/mol. The topological polar surface area (TPSA) is 93.4 Å². The molecule has 6 nitrogen and oxygen atoms in total. The fourth-order valence-electron chi connectivity index (χ4n) is 1.61. The zero-order valence-electron chi connectivity index (χ0n) is 10.8. The third-order valence-electron chi connectivity index (χ3n) is 2.56. The molecule has 0 heterocycles. The maximum absolute atomic E-state index is 11.9. The van der Waals surface area contributed by atoms with Gasteiger partial charge in [0.1, 0.15) is 6.04 Å². The highest BCUT2D eigenvalue weighted by Gasteiger charge is 2.22. The fourth-order valence-corrected chi connectivity index (χ4v) is 1.61. The number of hydrogen-bond donors (Lipinski definition) is 2. The number of nitrogens with one attached hydrogen (secondary N) is 1. The van der Waals surface area contributed by atoms with Gasteiger partial charge in [-0.05, 0) is 17.7 Å². The maximum atomic E-state index is 11.9. The summed E-state index contributed by atoms with van der Waals surface area (Å²) in [5, 5.41) is 19.6. The fraction of sp³-hybridized carbons (Fsp3) is 0.308. The van der Waals surface area contributed by atoms with Crippen molar-refractivity contribution in [2.24, 2.45) is 0 Å². The lowest BCUT2D eigenvalue weighted by molar-refractivity contribution is -0.130. The van der Waals surface area contributed by atoms with Crippen LogP contribution in [0, 0.1) is 11.3 Å². The first-order chi connectivity index (χ1) is 8.93. The number of carbonyl (C=O) groups excluding carboxylic acids is 1. The number of benzene rings is 1. The number of rotatable bonds is 4. The number of hydrogen-bond acceptors (Lipinski definition) is 3. The van der Waals surface area contributed by atoms with E-state index in [1.165, 1.54) is 4.90 Å². The van der Waals surface area contributed by atoms with E-state index in [-0.39, 0.29) is 12.3 Å². The van der Waals surface area contributed by atoms with E-state index in [9.17, 15) is 9.59 Å². The second kappa shape index (κ2) is 6.40. The van der Waals surface area contributed by atoms with Crippen LogP contribution in [-0.4, -0.2) is 42.1 Å². The smallest absolute Gasteiger partial charge is 0.405 e. The van der Waals surface area contributed by atoms with E-state index in [1.54, 1.807) is 38.4 Å². The van der Waals surface area contributed by atoms with Gasteiger partial charge in [0.05, 0.1) is 11.6 Å².